The average Bonchev–Trinajstić information content (AvgIpc) is 2.57. The molecule has 122 valence electrons. The molecule has 2 N–H and O–H groups in total. The molecule has 0 radical (unpaired) electrons. The lowest BCUT2D eigenvalue weighted by molar-refractivity contribution is -0.904. The van der Waals surface area contributed by atoms with Crippen LogP contribution < -0.4 is 9.80 Å². The molecule has 0 amide bonds. The zero-order chi connectivity index (χ0) is 16.2. The number of anilines is 1. The molecular formula is C20H27N2O+. The molecule has 0 saturated carbocycles. The Labute approximate surface area is 139 Å². The molecule has 1 atom stereocenters. The van der Waals surface area contributed by atoms with Crippen molar-refractivity contribution in [3.05, 3.63) is 65.2 Å². The lowest BCUT2D eigenvalue weighted by Crippen LogP contribution is -3.15. The molecule has 0 bridgehead atoms. The molecule has 3 rings (SSSR count). The van der Waals surface area contributed by atoms with E-state index >= 15 is 0 Å². The second kappa shape index (κ2) is 7.16. The van der Waals surface area contributed by atoms with E-state index in [0.717, 1.165) is 38.3 Å². The monoisotopic (exact) mass is 311 g/mol. The smallest absolute Gasteiger partial charge is 0.128 e. The quantitative estimate of drug-likeness (QED) is 0.900. The second-order valence-corrected chi connectivity index (χ2v) is 6.66. The lowest BCUT2D eigenvalue weighted by atomic mass is 10.1. The summed E-state index contributed by atoms with van der Waals surface area (Å²) >= 11 is 0. The second-order valence-electron chi connectivity index (χ2n) is 6.66. The zero-order valence-corrected chi connectivity index (χ0v) is 14.1. The number of hydrogen-bond donors (Lipinski definition) is 2. The van der Waals surface area contributed by atoms with Gasteiger partial charge in [-0.05, 0) is 31.0 Å². The van der Waals surface area contributed by atoms with Gasteiger partial charge in [0.1, 0.15) is 12.6 Å². The first kappa shape index (κ1) is 16.0. The van der Waals surface area contributed by atoms with E-state index in [0.29, 0.717) is 0 Å². The summed E-state index contributed by atoms with van der Waals surface area (Å²) in [6, 6.07) is 16.7. The Morgan fingerprint density at radius 2 is 1.74 bits per heavy atom. The number of aliphatic hydroxyl groups is 1. The summed E-state index contributed by atoms with van der Waals surface area (Å²) < 4.78 is 0. The van der Waals surface area contributed by atoms with Crippen LogP contribution in [-0.4, -0.2) is 37.8 Å². The molecule has 2 aromatic carbocycles. The van der Waals surface area contributed by atoms with Crippen LogP contribution in [-0.2, 0) is 0 Å². The van der Waals surface area contributed by atoms with E-state index in [2.05, 4.69) is 36.9 Å². The Hall–Kier alpha value is -1.84. The lowest BCUT2D eigenvalue weighted by Gasteiger charge is -2.35. The summed E-state index contributed by atoms with van der Waals surface area (Å²) in [6.45, 7) is 9.41. The van der Waals surface area contributed by atoms with Gasteiger partial charge in [-0.2, -0.15) is 0 Å². The number of aryl methyl sites for hydroxylation is 2. The molecule has 2 aromatic rings. The Kier molecular flexibility index (Phi) is 4.99. The van der Waals surface area contributed by atoms with Gasteiger partial charge in [0.25, 0.3) is 0 Å². The van der Waals surface area contributed by atoms with E-state index in [-0.39, 0.29) is 6.10 Å². The minimum absolute atomic E-state index is 0.362. The fourth-order valence-corrected chi connectivity index (χ4v) is 3.49. The number of nitrogens with one attached hydrogen (secondary N) is 1. The van der Waals surface area contributed by atoms with Crippen molar-refractivity contribution >= 4 is 5.69 Å². The van der Waals surface area contributed by atoms with Gasteiger partial charge >= 0.3 is 0 Å². The van der Waals surface area contributed by atoms with E-state index in [9.17, 15) is 5.11 Å². The fourth-order valence-electron chi connectivity index (χ4n) is 3.49. The molecule has 0 unspecified atom stereocenters. The minimum Gasteiger partial charge on any atom is -0.382 e. The summed E-state index contributed by atoms with van der Waals surface area (Å²) in [6.07, 6.45) is -0.362. The highest BCUT2D eigenvalue weighted by Gasteiger charge is 2.23. The number of quaternary nitrogens is 1. The van der Waals surface area contributed by atoms with Crippen molar-refractivity contribution in [1.82, 2.24) is 0 Å². The molecule has 23 heavy (non-hydrogen) atoms. The molecule has 3 heteroatoms. The first-order chi connectivity index (χ1) is 11.1. The maximum atomic E-state index is 10.4. The molecule has 1 fully saturated rings. The van der Waals surface area contributed by atoms with E-state index in [1.807, 2.05) is 30.3 Å². The van der Waals surface area contributed by atoms with Crippen molar-refractivity contribution in [3.8, 4) is 0 Å². The van der Waals surface area contributed by atoms with Crippen molar-refractivity contribution in [3.63, 3.8) is 0 Å². The molecule has 0 spiro atoms. The molecule has 1 aliphatic rings. The predicted octanol–water partition coefficient (Wildman–Crippen LogP) is 1.74. The topological polar surface area (TPSA) is 27.9 Å². The number of aliphatic hydroxyl groups excluding tert-OH is 1. The third-order valence-corrected chi connectivity index (χ3v) is 4.83. The van der Waals surface area contributed by atoms with Crippen LogP contribution in [0.2, 0.25) is 0 Å². The zero-order valence-electron chi connectivity index (χ0n) is 14.1. The number of benzene rings is 2. The third-order valence-electron chi connectivity index (χ3n) is 4.83. The van der Waals surface area contributed by atoms with Crippen LogP contribution in [0.15, 0.2) is 48.5 Å². The maximum absolute atomic E-state index is 10.4. The van der Waals surface area contributed by atoms with Gasteiger partial charge in [-0.25, -0.2) is 0 Å². The van der Waals surface area contributed by atoms with Gasteiger partial charge in [0.15, 0.2) is 0 Å². The Bertz CT molecular complexity index is 633. The Morgan fingerprint density at radius 3 is 2.39 bits per heavy atom. The SMILES string of the molecule is Cc1ccc(N2CC[NH+](C[C@H](O)c3ccccc3)CC2)c(C)c1. The Morgan fingerprint density at radius 1 is 1.04 bits per heavy atom. The van der Waals surface area contributed by atoms with Gasteiger partial charge in [0.2, 0.25) is 0 Å². The van der Waals surface area contributed by atoms with Gasteiger partial charge in [0, 0.05) is 5.69 Å². The molecule has 3 nitrogen and oxygen atoms in total. The van der Waals surface area contributed by atoms with Crippen LogP contribution >= 0.6 is 0 Å². The van der Waals surface area contributed by atoms with E-state index in [4.69, 9.17) is 0 Å². The molecule has 1 aliphatic heterocycles. The van der Waals surface area contributed by atoms with Crippen molar-refractivity contribution in [2.45, 2.75) is 20.0 Å². The highest BCUT2D eigenvalue weighted by Crippen LogP contribution is 2.21. The highest BCUT2D eigenvalue weighted by atomic mass is 16.3. The van der Waals surface area contributed by atoms with Gasteiger partial charge in [-0.3, -0.25) is 0 Å². The van der Waals surface area contributed by atoms with Gasteiger partial charge in [0.05, 0.1) is 26.2 Å². The largest absolute Gasteiger partial charge is 0.382 e. The summed E-state index contributed by atoms with van der Waals surface area (Å²) in [5, 5.41) is 10.4. The third kappa shape index (κ3) is 3.92. The average molecular weight is 311 g/mol. The van der Waals surface area contributed by atoms with Crippen molar-refractivity contribution in [1.29, 1.82) is 0 Å². The van der Waals surface area contributed by atoms with Crippen LogP contribution in [0.5, 0.6) is 0 Å². The molecule has 1 saturated heterocycles. The number of nitrogens with zero attached hydrogens (tertiary/aromatic N) is 1. The highest BCUT2D eigenvalue weighted by molar-refractivity contribution is 5.54. The summed E-state index contributed by atoms with van der Waals surface area (Å²) in [4.78, 5) is 3.97. The number of piperazine rings is 1. The first-order valence-electron chi connectivity index (χ1n) is 8.52. The van der Waals surface area contributed by atoms with Gasteiger partial charge in [-0.15, -0.1) is 0 Å². The van der Waals surface area contributed by atoms with Crippen LogP contribution in [0.4, 0.5) is 5.69 Å². The first-order valence-corrected chi connectivity index (χ1v) is 8.52. The molecule has 0 aliphatic carbocycles. The van der Waals surface area contributed by atoms with Crippen molar-refractivity contribution in [2.24, 2.45) is 0 Å². The summed E-state index contributed by atoms with van der Waals surface area (Å²) in [5.41, 5.74) is 5.06. The number of hydrogen-bond acceptors (Lipinski definition) is 2. The Balaban J connectivity index is 1.56. The fraction of sp³-hybridized carbons (Fsp3) is 0.400. The standard InChI is InChI=1S/C20H26N2O/c1-16-8-9-19(17(2)14-16)22-12-10-21(11-13-22)15-20(23)18-6-4-3-5-7-18/h3-9,14,20,23H,10-13,15H2,1-2H3/p+1/t20-/m0/s1. The van der Waals surface area contributed by atoms with E-state index in [1.165, 1.54) is 21.7 Å². The van der Waals surface area contributed by atoms with Crippen molar-refractivity contribution in [2.75, 3.05) is 37.6 Å². The molecule has 1 heterocycles. The predicted molar refractivity (Wildman–Crippen MR) is 95.1 cm³/mol. The molecular weight excluding hydrogens is 284 g/mol. The van der Waals surface area contributed by atoms with Crippen LogP contribution in [0.1, 0.15) is 22.8 Å². The molecule has 0 aromatic heterocycles. The maximum Gasteiger partial charge on any atom is 0.128 e. The van der Waals surface area contributed by atoms with E-state index in [1.54, 1.807) is 0 Å². The van der Waals surface area contributed by atoms with Gasteiger partial charge in [-0.1, -0.05) is 48.0 Å². The van der Waals surface area contributed by atoms with Crippen LogP contribution in [0, 0.1) is 13.8 Å². The van der Waals surface area contributed by atoms with Crippen LogP contribution in [0.25, 0.3) is 0 Å². The minimum atomic E-state index is -0.362. The van der Waals surface area contributed by atoms with Gasteiger partial charge < -0.3 is 14.9 Å². The van der Waals surface area contributed by atoms with Crippen LogP contribution in [0.3, 0.4) is 0 Å². The summed E-state index contributed by atoms with van der Waals surface area (Å²) in [5.74, 6) is 0. The number of rotatable bonds is 4. The van der Waals surface area contributed by atoms with E-state index < -0.39 is 0 Å². The summed E-state index contributed by atoms with van der Waals surface area (Å²) in [7, 11) is 0. The normalized spacial score (nSPS) is 17.3. The van der Waals surface area contributed by atoms with Crippen molar-refractivity contribution < 1.29 is 10.0 Å².